The molecule has 158 valence electrons. The van der Waals surface area contributed by atoms with Crippen LogP contribution >= 0.6 is 12.2 Å². The molecule has 0 atom stereocenters. The minimum atomic E-state index is 0.0448. The van der Waals surface area contributed by atoms with Crippen LogP contribution in [0, 0.1) is 13.8 Å². The standard InChI is InChI=1S/C23H28N4O2S/c1-16-6-11-21(17(2)14-16)24-23(30)26-25-18(3)19-7-9-20(10-8-19)29-15-22(28)27-12-4-5-13-27/h6-11,14H,4-5,12-13,15H2,1-3H3,(H2,24,26,30)/b25-18-. The second-order valence-electron chi connectivity index (χ2n) is 7.48. The summed E-state index contributed by atoms with van der Waals surface area (Å²) in [4.78, 5) is 13.9. The van der Waals surface area contributed by atoms with E-state index in [1.807, 2.05) is 55.1 Å². The van der Waals surface area contributed by atoms with E-state index in [9.17, 15) is 4.79 Å². The molecule has 1 aliphatic rings. The highest BCUT2D eigenvalue weighted by molar-refractivity contribution is 7.80. The van der Waals surface area contributed by atoms with Crippen LogP contribution in [0.3, 0.4) is 0 Å². The van der Waals surface area contributed by atoms with E-state index in [2.05, 4.69) is 28.8 Å². The molecule has 1 amide bonds. The first-order chi connectivity index (χ1) is 14.4. The maximum Gasteiger partial charge on any atom is 0.260 e. The quantitative estimate of drug-likeness (QED) is 0.417. The van der Waals surface area contributed by atoms with Crippen molar-refractivity contribution in [2.45, 2.75) is 33.6 Å². The molecule has 2 aromatic rings. The van der Waals surface area contributed by atoms with Gasteiger partial charge in [0, 0.05) is 18.8 Å². The third kappa shape index (κ3) is 6.03. The van der Waals surface area contributed by atoms with Crippen molar-refractivity contribution in [3.8, 4) is 5.75 Å². The van der Waals surface area contributed by atoms with Crippen LogP contribution in [0.15, 0.2) is 47.6 Å². The van der Waals surface area contributed by atoms with Crippen molar-refractivity contribution in [1.29, 1.82) is 0 Å². The lowest BCUT2D eigenvalue weighted by atomic mass is 10.1. The molecule has 2 N–H and O–H groups in total. The van der Waals surface area contributed by atoms with E-state index in [1.165, 1.54) is 5.56 Å². The lowest BCUT2D eigenvalue weighted by Crippen LogP contribution is -2.32. The van der Waals surface area contributed by atoms with Gasteiger partial charge in [0.2, 0.25) is 0 Å². The second-order valence-corrected chi connectivity index (χ2v) is 7.89. The number of benzene rings is 2. The molecule has 1 fully saturated rings. The van der Waals surface area contributed by atoms with Gasteiger partial charge in [0.25, 0.3) is 5.91 Å². The number of hydrogen-bond donors (Lipinski definition) is 2. The van der Waals surface area contributed by atoms with Crippen LogP contribution in [0.25, 0.3) is 0 Å². The first-order valence-corrected chi connectivity index (χ1v) is 10.5. The maximum absolute atomic E-state index is 12.1. The molecule has 30 heavy (non-hydrogen) atoms. The lowest BCUT2D eigenvalue weighted by Gasteiger charge is -2.15. The van der Waals surface area contributed by atoms with E-state index >= 15 is 0 Å². The van der Waals surface area contributed by atoms with Crippen LogP contribution < -0.4 is 15.5 Å². The largest absolute Gasteiger partial charge is 0.484 e. The first kappa shape index (κ1) is 21.8. The normalized spacial score (nSPS) is 13.8. The summed E-state index contributed by atoms with van der Waals surface area (Å²) in [5, 5.41) is 7.95. The number of ether oxygens (including phenoxy) is 1. The van der Waals surface area contributed by atoms with Crippen molar-refractivity contribution in [2.75, 3.05) is 25.0 Å². The SMILES string of the molecule is C/C(=N/NC(=S)Nc1ccc(C)cc1C)c1ccc(OCC(=O)N2CCCC2)cc1. The van der Waals surface area contributed by atoms with Crippen molar-refractivity contribution in [3.63, 3.8) is 0 Å². The van der Waals surface area contributed by atoms with Gasteiger partial charge in [-0.3, -0.25) is 10.2 Å². The van der Waals surface area contributed by atoms with Gasteiger partial charge >= 0.3 is 0 Å². The number of rotatable bonds is 6. The van der Waals surface area contributed by atoms with Crippen LogP contribution in [-0.4, -0.2) is 41.3 Å². The van der Waals surface area contributed by atoms with E-state index < -0.39 is 0 Å². The number of carbonyl (C=O) groups is 1. The number of likely N-dealkylation sites (tertiary alicyclic amines) is 1. The van der Waals surface area contributed by atoms with E-state index in [0.29, 0.717) is 10.9 Å². The predicted molar refractivity (Wildman–Crippen MR) is 125 cm³/mol. The van der Waals surface area contributed by atoms with Gasteiger partial charge in [-0.05, 0) is 87.3 Å². The van der Waals surface area contributed by atoms with Gasteiger partial charge in [-0.1, -0.05) is 17.7 Å². The Morgan fingerprint density at radius 3 is 2.50 bits per heavy atom. The van der Waals surface area contributed by atoms with E-state index in [1.54, 1.807) is 0 Å². The van der Waals surface area contributed by atoms with Crippen LogP contribution in [0.1, 0.15) is 36.5 Å². The van der Waals surface area contributed by atoms with Gasteiger partial charge in [-0.25, -0.2) is 0 Å². The molecule has 1 heterocycles. The van der Waals surface area contributed by atoms with E-state index in [-0.39, 0.29) is 12.5 Å². The lowest BCUT2D eigenvalue weighted by molar-refractivity contribution is -0.132. The average molecular weight is 425 g/mol. The monoisotopic (exact) mass is 424 g/mol. The number of anilines is 1. The Labute approximate surface area is 183 Å². The van der Waals surface area contributed by atoms with Crippen molar-refractivity contribution >= 4 is 34.6 Å². The summed E-state index contributed by atoms with van der Waals surface area (Å²) in [5.41, 5.74) is 7.90. The molecule has 0 aromatic heterocycles. The highest BCUT2D eigenvalue weighted by Gasteiger charge is 2.18. The molecule has 2 aromatic carbocycles. The zero-order chi connectivity index (χ0) is 21.5. The molecular formula is C23H28N4O2S. The van der Waals surface area contributed by atoms with Crippen LogP contribution in [0.4, 0.5) is 5.69 Å². The zero-order valence-electron chi connectivity index (χ0n) is 17.7. The second kappa shape index (κ2) is 10.2. The highest BCUT2D eigenvalue weighted by atomic mass is 32.1. The number of carbonyl (C=O) groups excluding carboxylic acids is 1. The molecule has 0 saturated carbocycles. The Morgan fingerprint density at radius 2 is 1.83 bits per heavy atom. The molecule has 0 radical (unpaired) electrons. The van der Waals surface area contributed by atoms with Crippen molar-refractivity contribution < 1.29 is 9.53 Å². The van der Waals surface area contributed by atoms with Gasteiger partial charge in [-0.2, -0.15) is 5.10 Å². The Hall–Kier alpha value is -2.93. The summed E-state index contributed by atoms with van der Waals surface area (Å²) < 4.78 is 5.62. The fourth-order valence-electron chi connectivity index (χ4n) is 3.30. The maximum atomic E-state index is 12.1. The van der Waals surface area contributed by atoms with Crippen LogP contribution in [0.2, 0.25) is 0 Å². The summed E-state index contributed by atoms with van der Waals surface area (Å²) in [6.45, 7) is 7.75. The summed E-state index contributed by atoms with van der Waals surface area (Å²) in [6, 6.07) is 13.7. The fourth-order valence-corrected chi connectivity index (χ4v) is 3.45. The fraction of sp³-hybridized carbons (Fsp3) is 0.348. The number of aryl methyl sites for hydroxylation is 2. The molecule has 0 unspecified atom stereocenters. The first-order valence-electron chi connectivity index (χ1n) is 10.1. The minimum absolute atomic E-state index is 0.0448. The Bertz CT molecular complexity index is 935. The molecular weight excluding hydrogens is 396 g/mol. The zero-order valence-corrected chi connectivity index (χ0v) is 18.5. The Morgan fingerprint density at radius 1 is 1.13 bits per heavy atom. The molecule has 0 bridgehead atoms. The van der Waals surface area contributed by atoms with Crippen LogP contribution in [-0.2, 0) is 4.79 Å². The van der Waals surface area contributed by atoms with Gasteiger partial charge in [0.15, 0.2) is 11.7 Å². The molecule has 0 spiro atoms. The number of hydrazone groups is 1. The molecule has 6 nitrogen and oxygen atoms in total. The average Bonchev–Trinajstić information content (AvgIpc) is 3.28. The highest BCUT2D eigenvalue weighted by Crippen LogP contribution is 2.16. The molecule has 0 aliphatic carbocycles. The van der Waals surface area contributed by atoms with Gasteiger partial charge in [0.1, 0.15) is 5.75 Å². The Kier molecular flexibility index (Phi) is 7.41. The summed E-state index contributed by atoms with van der Waals surface area (Å²) in [7, 11) is 0. The summed E-state index contributed by atoms with van der Waals surface area (Å²) >= 11 is 5.34. The van der Waals surface area contributed by atoms with E-state index in [4.69, 9.17) is 17.0 Å². The molecule has 7 heteroatoms. The molecule has 1 saturated heterocycles. The van der Waals surface area contributed by atoms with Crippen molar-refractivity contribution in [2.24, 2.45) is 5.10 Å². The van der Waals surface area contributed by atoms with E-state index in [0.717, 1.165) is 48.5 Å². The van der Waals surface area contributed by atoms with Gasteiger partial charge in [-0.15, -0.1) is 0 Å². The van der Waals surface area contributed by atoms with Gasteiger partial charge < -0.3 is 15.0 Å². The Balaban J connectivity index is 1.50. The molecule has 3 rings (SSSR count). The third-order valence-corrected chi connectivity index (χ3v) is 5.24. The number of nitrogens with zero attached hydrogens (tertiary/aromatic N) is 2. The smallest absolute Gasteiger partial charge is 0.260 e. The third-order valence-electron chi connectivity index (χ3n) is 5.05. The number of hydrogen-bond acceptors (Lipinski definition) is 4. The summed E-state index contributed by atoms with van der Waals surface area (Å²) in [5.74, 6) is 0.711. The number of thiocarbonyl (C=S) groups is 1. The topological polar surface area (TPSA) is 66.0 Å². The predicted octanol–water partition coefficient (Wildman–Crippen LogP) is 4.02. The number of amides is 1. The minimum Gasteiger partial charge on any atom is -0.484 e. The van der Waals surface area contributed by atoms with Crippen molar-refractivity contribution in [1.82, 2.24) is 10.3 Å². The summed E-state index contributed by atoms with van der Waals surface area (Å²) in [6.07, 6.45) is 2.16. The number of nitrogens with one attached hydrogen (secondary N) is 2. The molecule has 1 aliphatic heterocycles. The van der Waals surface area contributed by atoms with Gasteiger partial charge in [0.05, 0.1) is 5.71 Å². The van der Waals surface area contributed by atoms with Crippen LogP contribution in [0.5, 0.6) is 5.75 Å². The van der Waals surface area contributed by atoms with Crippen molar-refractivity contribution in [3.05, 3.63) is 59.2 Å².